The minimum absolute atomic E-state index is 0.714. The van der Waals surface area contributed by atoms with Gasteiger partial charge in [0.2, 0.25) is 0 Å². The molecule has 0 spiro atoms. The molecule has 1 aromatic rings. The van der Waals surface area contributed by atoms with E-state index < -0.39 is 0 Å². The highest BCUT2D eigenvalue weighted by Crippen LogP contribution is 2.14. The highest BCUT2D eigenvalue weighted by molar-refractivity contribution is 6.31. The van der Waals surface area contributed by atoms with E-state index in [-0.39, 0.29) is 0 Å². The topological polar surface area (TPSA) is 0 Å². The van der Waals surface area contributed by atoms with Crippen LogP contribution in [-0.2, 0) is 0 Å². The molecule has 0 aliphatic carbocycles. The molecule has 0 saturated heterocycles. The monoisotopic (exact) mass is 163 g/mol. The molecule has 1 radical (unpaired) electrons. The molecular weight excluding hydrogens is 156 g/mol. The van der Waals surface area contributed by atoms with Gasteiger partial charge < -0.3 is 0 Å². The molecule has 0 bridgehead atoms. The van der Waals surface area contributed by atoms with Gasteiger partial charge in [-0.15, -0.1) is 0 Å². The van der Waals surface area contributed by atoms with E-state index in [0.717, 1.165) is 5.56 Å². The lowest BCUT2D eigenvalue weighted by atomic mass is 10.2. The Morgan fingerprint density at radius 3 is 2.73 bits per heavy atom. The molecule has 1 rings (SSSR count). The molecule has 55 valence electrons. The fourth-order valence-electron chi connectivity index (χ4n) is 0.727. The molecule has 0 nitrogen and oxygen atoms in total. The van der Waals surface area contributed by atoms with Gasteiger partial charge in [0.05, 0.1) is 0 Å². The Morgan fingerprint density at radius 1 is 1.36 bits per heavy atom. The predicted molar refractivity (Wildman–Crippen MR) is 48.6 cm³/mol. The van der Waals surface area contributed by atoms with Crippen LogP contribution < -0.4 is 0 Å². The summed E-state index contributed by atoms with van der Waals surface area (Å²) in [6.07, 6.45) is 6.39. The van der Waals surface area contributed by atoms with Crippen LogP contribution in [0.25, 0.3) is 0 Å². The lowest BCUT2D eigenvalue weighted by Gasteiger charge is -1.93. The Hall–Kier alpha value is -1.01. The fraction of sp³-hybridized carbons (Fsp3) is 0. The van der Waals surface area contributed by atoms with Gasteiger partial charge in [-0.2, -0.15) is 0 Å². The second kappa shape index (κ2) is 3.99. The Labute approximate surface area is 71.8 Å². The zero-order valence-electron chi connectivity index (χ0n) is 6.05. The Balaban J connectivity index is 2.94. The normalized spacial score (nSPS) is 10.3. The fourth-order valence-corrected chi connectivity index (χ4v) is 0.917. The minimum Gasteiger partial charge on any atom is -0.0990 e. The van der Waals surface area contributed by atoms with Gasteiger partial charge in [0.25, 0.3) is 0 Å². The van der Waals surface area contributed by atoms with Gasteiger partial charge in [-0.25, -0.2) is 0 Å². The third-order valence-corrected chi connectivity index (χ3v) is 1.56. The first-order valence-electron chi connectivity index (χ1n) is 3.30. The molecule has 0 N–H and O–H groups in total. The zero-order valence-corrected chi connectivity index (χ0v) is 6.81. The van der Waals surface area contributed by atoms with Crippen molar-refractivity contribution < 1.29 is 0 Å². The van der Waals surface area contributed by atoms with Crippen molar-refractivity contribution in [3.63, 3.8) is 0 Å². The maximum atomic E-state index is 5.84. The summed E-state index contributed by atoms with van der Waals surface area (Å²) in [5.41, 5.74) is 0.897. The third kappa shape index (κ3) is 2.24. The summed E-state index contributed by atoms with van der Waals surface area (Å²) < 4.78 is 0. The molecule has 0 aliphatic rings. The molecule has 0 amide bonds. The lowest BCUT2D eigenvalue weighted by molar-refractivity contribution is 1.57. The van der Waals surface area contributed by atoms with Gasteiger partial charge in [0, 0.05) is 10.6 Å². The summed E-state index contributed by atoms with van der Waals surface area (Å²) >= 11 is 5.84. The van der Waals surface area contributed by atoms with E-state index in [9.17, 15) is 0 Å². The number of hydrogen-bond acceptors (Lipinski definition) is 0. The second-order valence-corrected chi connectivity index (χ2v) is 2.43. The summed E-state index contributed by atoms with van der Waals surface area (Å²) in [5.74, 6) is 0. The molecule has 0 fully saturated rings. The van der Waals surface area contributed by atoms with Crippen LogP contribution in [0.1, 0.15) is 5.56 Å². The molecule has 1 heteroatoms. The van der Waals surface area contributed by atoms with Crippen molar-refractivity contribution in [2.75, 3.05) is 0 Å². The van der Waals surface area contributed by atoms with Crippen molar-refractivity contribution >= 4 is 11.6 Å². The van der Waals surface area contributed by atoms with Crippen LogP contribution in [0.4, 0.5) is 0 Å². The van der Waals surface area contributed by atoms with Crippen molar-refractivity contribution in [3.05, 3.63) is 59.7 Å². The predicted octanol–water partition coefficient (Wildman–Crippen LogP) is 3.23. The van der Waals surface area contributed by atoms with Crippen molar-refractivity contribution in [1.82, 2.24) is 0 Å². The Kier molecular flexibility index (Phi) is 2.94. The SMILES string of the molecule is C=C/C=[C]\c1ccccc1Cl. The van der Waals surface area contributed by atoms with Gasteiger partial charge in [-0.1, -0.05) is 48.5 Å². The summed E-state index contributed by atoms with van der Waals surface area (Å²) in [5, 5.41) is 0.714. The Morgan fingerprint density at radius 2 is 2.09 bits per heavy atom. The molecule has 0 aliphatic heterocycles. The van der Waals surface area contributed by atoms with E-state index in [0.29, 0.717) is 5.02 Å². The smallest absolute Gasteiger partial charge is 0.0484 e. The molecule has 0 atom stereocenters. The van der Waals surface area contributed by atoms with Crippen LogP contribution in [0.15, 0.2) is 43.0 Å². The van der Waals surface area contributed by atoms with E-state index in [4.69, 9.17) is 11.6 Å². The van der Waals surface area contributed by atoms with Gasteiger partial charge in [0.1, 0.15) is 0 Å². The first-order valence-corrected chi connectivity index (χ1v) is 3.67. The molecule has 11 heavy (non-hydrogen) atoms. The first kappa shape index (κ1) is 8.09. The second-order valence-electron chi connectivity index (χ2n) is 2.03. The average Bonchev–Trinajstić information content (AvgIpc) is 2.03. The molecule has 0 unspecified atom stereocenters. The number of rotatable bonds is 2. The number of halogens is 1. The first-order chi connectivity index (χ1) is 5.34. The van der Waals surface area contributed by atoms with Gasteiger partial charge in [-0.3, -0.25) is 0 Å². The summed E-state index contributed by atoms with van der Waals surface area (Å²) in [7, 11) is 0. The molecular formula is C10H8Cl. The number of allylic oxidation sites excluding steroid dienone is 2. The third-order valence-electron chi connectivity index (χ3n) is 1.23. The summed E-state index contributed by atoms with van der Waals surface area (Å²) in [4.78, 5) is 0. The minimum atomic E-state index is 0.714. The van der Waals surface area contributed by atoms with Crippen LogP contribution in [0.5, 0.6) is 0 Å². The lowest BCUT2D eigenvalue weighted by Crippen LogP contribution is -1.73. The van der Waals surface area contributed by atoms with Crippen LogP contribution in [0, 0.1) is 6.08 Å². The maximum Gasteiger partial charge on any atom is 0.0484 e. The van der Waals surface area contributed by atoms with Gasteiger partial charge in [0.15, 0.2) is 0 Å². The van der Waals surface area contributed by atoms with Crippen LogP contribution in [-0.4, -0.2) is 0 Å². The molecule has 1 aromatic carbocycles. The molecule has 0 heterocycles. The van der Waals surface area contributed by atoms with E-state index in [1.165, 1.54) is 0 Å². The van der Waals surface area contributed by atoms with Crippen molar-refractivity contribution in [2.24, 2.45) is 0 Å². The highest BCUT2D eigenvalue weighted by atomic mass is 35.5. The van der Waals surface area contributed by atoms with Gasteiger partial charge in [-0.05, 0) is 12.1 Å². The maximum absolute atomic E-state index is 5.84. The standard InChI is InChI=1S/C10H8Cl/c1-2-3-6-9-7-4-5-8-10(9)11/h2-5,7-8H,1H2. The zero-order chi connectivity index (χ0) is 8.10. The molecule has 0 aromatic heterocycles. The van der Waals surface area contributed by atoms with Crippen molar-refractivity contribution in [3.8, 4) is 0 Å². The summed E-state index contributed by atoms with van der Waals surface area (Å²) in [6.45, 7) is 3.54. The van der Waals surface area contributed by atoms with Crippen molar-refractivity contribution in [2.45, 2.75) is 0 Å². The van der Waals surface area contributed by atoms with Crippen molar-refractivity contribution in [1.29, 1.82) is 0 Å². The van der Waals surface area contributed by atoms with Crippen LogP contribution in [0.3, 0.4) is 0 Å². The van der Waals surface area contributed by atoms with E-state index >= 15 is 0 Å². The largest absolute Gasteiger partial charge is 0.0990 e. The van der Waals surface area contributed by atoms with Gasteiger partial charge >= 0.3 is 0 Å². The van der Waals surface area contributed by atoms with E-state index in [1.807, 2.05) is 24.3 Å². The summed E-state index contributed by atoms with van der Waals surface area (Å²) in [6, 6.07) is 7.55. The number of benzene rings is 1. The molecule has 0 saturated carbocycles. The highest BCUT2D eigenvalue weighted by Gasteiger charge is 1.91. The van der Waals surface area contributed by atoms with E-state index in [1.54, 1.807) is 12.2 Å². The Bertz CT molecular complexity index is 274. The average molecular weight is 164 g/mol. The quantitative estimate of drug-likeness (QED) is 0.588. The van der Waals surface area contributed by atoms with E-state index in [2.05, 4.69) is 12.7 Å². The van der Waals surface area contributed by atoms with Crippen LogP contribution >= 0.6 is 11.6 Å². The number of hydrogen-bond donors (Lipinski definition) is 0. The van der Waals surface area contributed by atoms with Crippen LogP contribution in [0.2, 0.25) is 5.02 Å².